The van der Waals surface area contributed by atoms with Gasteiger partial charge in [-0.3, -0.25) is 10.2 Å². The van der Waals surface area contributed by atoms with Crippen molar-refractivity contribution in [2.75, 3.05) is 25.6 Å². The van der Waals surface area contributed by atoms with Crippen molar-refractivity contribution in [3.05, 3.63) is 46.2 Å². The Balaban J connectivity index is 0.000000229. The van der Waals surface area contributed by atoms with Crippen LogP contribution in [0.4, 0.5) is 5.69 Å². The zero-order chi connectivity index (χ0) is 24.0. The fraction of sp³-hybridized carbons (Fsp3) is 0.417. The van der Waals surface area contributed by atoms with E-state index in [1.165, 1.54) is 17.3 Å². The van der Waals surface area contributed by atoms with Crippen LogP contribution in [0, 0.1) is 17.6 Å². The highest BCUT2D eigenvalue weighted by Crippen LogP contribution is 2.36. The lowest BCUT2D eigenvalue weighted by Crippen LogP contribution is -2.23. The molecule has 0 fully saturated rings. The van der Waals surface area contributed by atoms with Gasteiger partial charge in [0.25, 0.3) is 0 Å². The Kier molecular flexibility index (Phi) is 8.72. The maximum atomic E-state index is 9.79. The van der Waals surface area contributed by atoms with Crippen LogP contribution in [-0.2, 0) is 0 Å². The number of aromatic amines is 2. The van der Waals surface area contributed by atoms with Crippen molar-refractivity contribution in [3.8, 4) is 28.6 Å². The second-order valence-corrected chi connectivity index (χ2v) is 8.93. The highest BCUT2D eigenvalue weighted by Gasteiger charge is 2.14. The van der Waals surface area contributed by atoms with E-state index in [1.807, 2.05) is 19.9 Å². The number of phenolic OH excluding ortho intramolecular Hbond substituents is 2. The van der Waals surface area contributed by atoms with Crippen molar-refractivity contribution in [2.45, 2.75) is 40.5 Å². The fourth-order valence-corrected chi connectivity index (χ4v) is 3.53. The zero-order valence-electron chi connectivity index (χ0n) is 19.9. The van der Waals surface area contributed by atoms with Crippen LogP contribution >= 0.6 is 12.2 Å². The van der Waals surface area contributed by atoms with Gasteiger partial charge in [-0.1, -0.05) is 33.8 Å². The number of rotatable bonds is 6. The van der Waals surface area contributed by atoms with Gasteiger partial charge in [0.1, 0.15) is 17.2 Å². The van der Waals surface area contributed by atoms with E-state index in [4.69, 9.17) is 17.0 Å². The molecule has 2 aromatic carbocycles. The third-order valence-corrected chi connectivity index (χ3v) is 5.10. The minimum Gasteiger partial charge on any atom is -0.508 e. The van der Waals surface area contributed by atoms with Crippen molar-refractivity contribution in [1.82, 2.24) is 15.2 Å². The number of phenols is 2. The molecule has 0 atom stereocenters. The van der Waals surface area contributed by atoms with Gasteiger partial charge >= 0.3 is 0 Å². The summed E-state index contributed by atoms with van der Waals surface area (Å²) >= 11 is 4.86. The molecule has 0 saturated heterocycles. The first-order valence-corrected chi connectivity index (χ1v) is 11.0. The van der Waals surface area contributed by atoms with Crippen LogP contribution in [0.2, 0.25) is 0 Å². The lowest BCUT2D eigenvalue weighted by molar-refractivity contribution is 0.414. The quantitative estimate of drug-likeness (QED) is 0.350. The van der Waals surface area contributed by atoms with E-state index >= 15 is 0 Å². The number of anilines is 1. The van der Waals surface area contributed by atoms with E-state index in [-0.39, 0.29) is 17.4 Å². The summed E-state index contributed by atoms with van der Waals surface area (Å²) in [4.78, 5) is 6.28. The monoisotopic (exact) mass is 458 g/mol. The Hall–Kier alpha value is -3.00. The van der Waals surface area contributed by atoms with Gasteiger partial charge in [0.15, 0.2) is 5.82 Å². The summed E-state index contributed by atoms with van der Waals surface area (Å²) < 4.78 is 5.68. The van der Waals surface area contributed by atoms with Crippen molar-refractivity contribution in [2.24, 2.45) is 5.92 Å². The summed E-state index contributed by atoms with van der Waals surface area (Å²) in [6.45, 7) is 11.5. The van der Waals surface area contributed by atoms with Gasteiger partial charge in [0.2, 0.25) is 4.77 Å². The molecule has 174 valence electrons. The SMILES string of the molecule is CC(C)c1cc(-c2nc(=S)[nH][nH]2)c(O)cc1O.COc1ccc(C)cc1N(C)CC(C)C. The number of hydrogen-bond donors (Lipinski definition) is 4. The number of hydrogen-bond acceptors (Lipinski definition) is 6. The minimum absolute atomic E-state index is 0.0374. The molecule has 3 rings (SSSR count). The van der Waals surface area contributed by atoms with Gasteiger partial charge in [0, 0.05) is 19.7 Å². The number of nitrogens with one attached hydrogen (secondary N) is 2. The molecule has 0 aliphatic carbocycles. The molecule has 8 heteroatoms. The van der Waals surface area contributed by atoms with Crippen molar-refractivity contribution >= 4 is 17.9 Å². The normalized spacial score (nSPS) is 10.8. The topological polar surface area (TPSA) is 97.4 Å². The Morgan fingerprint density at radius 2 is 1.75 bits per heavy atom. The second-order valence-electron chi connectivity index (χ2n) is 8.55. The molecule has 0 saturated carbocycles. The Morgan fingerprint density at radius 1 is 1.06 bits per heavy atom. The van der Waals surface area contributed by atoms with Gasteiger partial charge in [-0.05, 0) is 60.3 Å². The third kappa shape index (κ3) is 6.50. The van der Waals surface area contributed by atoms with Crippen molar-refractivity contribution < 1.29 is 14.9 Å². The van der Waals surface area contributed by atoms with E-state index in [0.29, 0.717) is 22.1 Å². The maximum Gasteiger partial charge on any atom is 0.213 e. The predicted octanol–water partition coefficient (Wildman–Crippen LogP) is 5.76. The van der Waals surface area contributed by atoms with Gasteiger partial charge in [0.05, 0.1) is 18.4 Å². The first-order chi connectivity index (χ1) is 15.0. The number of aryl methyl sites for hydroxylation is 1. The summed E-state index contributed by atoms with van der Waals surface area (Å²) in [5.74, 6) is 2.25. The van der Waals surface area contributed by atoms with Crippen molar-refractivity contribution in [3.63, 3.8) is 0 Å². The number of methoxy groups -OCH3 is 1. The van der Waals surface area contributed by atoms with E-state index in [2.05, 4.69) is 60.0 Å². The smallest absolute Gasteiger partial charge is 0.213 e. The maximum absolute atomic E-state index is 9.79. The van der Waals surface area contributed by atoms with Crippen molar-refractivity contribution in [1.29, 1.82) is 0 Å². The highest BCUT2D eigenvalue weighted by molar-refractivity contribution is 7.71. The molecule has 1 heterocycles. The molecule has 0 radical (unpaired) electrons. The number of aromatic hydroxyl groups is 2. The Bertz CT molecular complexity index is 1090. The second kappa shape index (κ2) is 11.0. The number of ether oxygens (including phenoxy) is 1. The largest absolute Gasteiger partial charge is 0.508 e. The van der Waals surface area contributed by atoms with Gasteiger partial charge in [-0.25, -0.2) is 0 Å². The average Bonchev–Trinajstić information content (AvgIpc) is 3.13. The molecule has 0 amide bonds. The van der Waals surface area contributed by atoms with Crippen LogP contribution < -0.4 is 9.64 Å². The van der Waals surface area contributed by atoms with Crippen LogP contribution in [0.5, 0.6) is 17.2 Å². The molecular weight excluding hydrogens is 424 g/mol. The summed E-state index contributed by atoms with van der Waals surface area (Å²) in [6, 6.07) is 9.29. The summed E-state index contributed by atoms with van der Waals surface area (Å²) in [5, 5.41) is 24.9. The highest BCUT2D eigenvalue weighted by atomic mass is 32.1. The molecule has 0 aliphatic heterocycles. The minimum atomic E-state index is -0.0374. The van der Waals surface area contributed by atoms with Crippen LogP contribution in [0.25, 0.3) is 11.4 Å². The molecule has 0 unspecified atom stereocenters. The van der Waals surface area contributed by atoms with Crippen LogP contribution in [-0.4, -0.2) is 46.1 Å². The van der Waals surface area contributed by atoms with Crippen LogP contribution in [0.1, 0.15) is 44.7 Å². The Labute approximate surface area is 195 Å². The first kappa shape index (κ1) is 25.3. The summed E-state index contributed by atoms with van der Waals surface area (Å²) in [6.07, 6.45) is 0. The zero-order valence-corrected chi connectivity index (χ0v) is 20.7. The van der Waals surface area contributed by atoms with Crippen LogP contribution in [0.15, 0.2) is 30.3 Å². The number of H-pyrrole nitrogens is 2. The van der Waals surface area contributed by atoms with E-state index in [0.717, 1.165) is 17.9 Å². The lowest BCUT2D eigenvalue weighted by atomic mass is 9.98. The van der Waals surface area contributed by atoms with Gasteiger partial charge in [-0.15, -0.1) is 0 Å². The van der Waals surface area contributed by atoms with Gasteiger partial charge < -0.3 is 19.8 Å². The molecule has 0 spiro atoms. The number of nitrogens with zero attached hydrogens (tertiary/aromatic N) is 2. The lowest BCUT2D eigenvalue weighted by Gasteiger charge is -2.24. The molecule has 0 bridgehead atoms. The standard InChI is InChI=1S/C13H21NO.C11H13N3O2S/c1-10(2)9-14(4)12-8-11(3)6-7-13(12)15-5;1-5(2)6-3-7(9(16)4-8(6)15)10-12-11(17)14-13-10/h6-8,10H,9H2,1-5H3;3-5,15-16H,1-2H3,(H2,12,13,14,17). The molecule has 4 N–H and O–H groups in total. The van der Waals surface area contributed by atoms with E-state index in [1.54, 1.807) is 13.2 Å². The first-order valence-electron chi connectivity index (χ1n) is 10.6. The third-order valence-electron chi connectivity index (χ3n) is 4.91. The Morgan fingerprint density at radius 3 is 2.28 bits per heavy atom. The predicted molar refractivity (Wildman–Crippen MR) is 132 cm³/mol. The summed E-state index contributed by atoms with van der Waals surface area (Å²) in [5.41, 5.74) is 3.70. The molecule has 32 heavy (non-hydrogen) atoms. The molecule has 7 nitrogen and oxygen atoms in total. The van der Waals surface area contributed by atoms with E-state index in [9.17, 15) is 10.2 Å². The van der Waals surface area contributed by atoms with Crippen LogP contribution in [0.3, 0.4) is 0 Å². The van der Waals surface area contributed by atoms with E-state index < -0.39 is 0 Å². The molecule has 1 aromatic heterocycles. The number of benzene rings is 2. The number of aromatic nitrogens is 3. The summed E-state index contributed by atoms with van der Waals surface area (Å²) in [7, 11) is 3.83. The fourth-order valence-electron chi connectivity index (χ4n) is 3.39. The van der Waals surface area contributed by atoms with Gasteiger partial charge in [-0.2, -0.15) is 4.98 Å². The molecule has 0 aliphatic rings. The molecular formula is C24H34N4O3S. The molecule has 3 aromatic rings. The average molecular weight is 459 g/mol.